The van der Waals surface area contributed by atoms with Crippen LogP contribution >= 0.6 is 24.8 Å². The van der Waals surface area contributed by atoms with Gasteiger partial charge in [-0.25, -0.2) is 0 Å². The van der Waals surface area contributed by atoms with Crippen molar-refractivity contribution < 1.29 is 14.4 Å². The molecule has 0 radical (unpaired) electrons. The van der Waals surface area contributed by atoms with Gasteiger partial charge in [-0.2, -0.15) is 0 Å². The van der Waals surface area contributed by atoms with Gasteiger partial charge in [-0.1, -0.05) is 49.6 Å². The zero-order valence-corrected chi connectivity index (χ0v) is 23.6. The number of carbonyl (C=O) groups excluding carboxylic acids is 3. The van der Waals surface area contributed by atoms with Gasteiger partial charge in [-0.3, -0.25) is 19.3 Å². The number of rotatable bonds is 8. The summed E-state index contributed by atoms with van der Waals surface area (Å²) in [6.07, 6.45) is 7.31. The molecule has 3 amide bonds. The van der Waals surface area contributed by atoms with E-state index in [-0.39, 0.29) is 60.5 Å². The van der Waals surface area contributed by atoms with Gasteiger partial charge in [0.2, 0.25) is 17.7 Å². The van der Waals surface area contributed by atoms with Crippen LogP contribution in [0.25, 0.3) is 0 Å². The molecule has 37 heavy (non-hydrogen) atoms. The van der Waals surface area contributed by atoms with E-state index in [0.717, 1.165) is 50.6 Å². The third-order valence-electron chi connectivity index (χ3n) is 8.10. The third kappa shape index (κ3) is 7.82. The van der Waals surface area contributed by atoms with Gasteiger partial charge in [0.25, 0.3) is 0 Å². The Bertz CT molecular complexity index is 884. The number of nitrogens with one attached hydrogen (secondary N) is 3. The smallest absolute Gasteiger partial charge is 0.246 e. The van der Waals surface area contributed by atoms with E-state index in [1.807, 2.05) is 30.3 Å². The summed E-state index contributed by atoms with van der Waals surface area (Å²) in [4.78, 5) is 44.5. The second kappa shape index (κ2) is 14.9. The molecule has 2 saturated heterocycles. The molecule has 4 atom stereocenters. The van der Waals surface area contributed by atoms with E-state index in [1.54, 1.807) is 18.9 Å². The molecular weight excluding hydrogens is 513 g/mol. The molecule has 0 bridgehead atoms. The van der Waals surface area contributed by atoms with Crippen molar-refractivity contribution in [2.45, 2.75) is 82.6 Å². The van der Waals surface area contributed by atoms with E-state index in [1.165, 1.54) is 6.42 Å². The molecule has 1 saturated carbocycles. The van der Waals surface area contributed by atoms with Gasteiger partial charge in [-0.15, -0.1) is 24.8 Å². The highest BCUT2D eigenvalue weighted by molar-refractivity contribution is 5.93. The van der Waals surface area contributed by atoms with Crippen LogP contribution in [-0.2, 0) is 20.9 Å². The Kier molecular flexibility index (Phi) is 12.6. The molecular formula is C27H43Cl2N5O3. The number of hydrogen-bond acceptors (Lipinski definition) is 5. The molecule has 2 unspecified atom stereocenters. The molecule has 1 aromatic rings. The SMILES string of the molecule is CN[C@@H](C)C(=O)N[C@H](C(=O)N1CC2CCCN2CC1C(=O)NCc1ccccc1)C1CCCCC1.Cl.Cl. The van der Waals surface area contributed by atoms with Gasteiger partial charge >= 0.3 is 0 Å². The van der Waals surface area contributed by atoms with E-state index in [4.69, 9.17) is 0 Å². The summed E-state index contributed by atoms with van der Waals surface area (Å²) >= 11 is 0. The van der Waals surface area contributed by atoms with E-state index in [0.29, 0.717) is 19.6 Å². The number of hydrogen-bond donors (Lipinski definition) is 3. The number of benzene rings is 1. The Labute approximate surface area is 233 Å². The van der Waals surface area contributed by atoms with Crippen LogP contribution in [-0.4, -0.2) is 78.4 Å². The van der Waals surface area contributed by atoms with Gasteiger partial charge in [0.1, 0.15) is 12.1 Å². The first kappa shape index (κ1) is 31.3. The van der Waals surface area contributed by atoms with Gasteiger partial charge in [0.05, 0.1) is 6.04 Å². The second-order valence-electron chi connectivity index (χ2n) is 10.4. The van der Waals surface area contributed by atoms with Crippen LogP contribution in [0.1, 0.15) is 57.4 Å². The van der Waals surface area contributed by atoms with Gasteiger partial charge < -0.3 is 20.9 Å². The van der Waals surface area contributed by atoms with Crippen molar-refractivity contribution in [3.63, 3.8) is 0 Å². The van der Waals surface area contributed by atoms with Crippen molar-refractivity contribution in [3.8, 4) is 0 Å². The number of fused-ring (bicyclic) bond motifs is 1. The Hall–Kier alpha value is -1.87. The minimum absolute atomic E-state index is 0. The van der Waals surface area contributed by atoms with Crippen LogP contribution in [0.5, 0.6) is 0 Å². The zero-order valence-electron chi connectivity index (χ0n) is 22.0. The largest absolute Gasteiger partial charge is 0.350 e. The minimum atomic E-state index is -0.587. The van der Waals surface area contributed by atoms with Crippen LogP contribution in [0, 0.1) is 5.92 Å². The quantitative estimate of drug-likeness (QED) is 0.458. The summed E-state index contributed by atoms with van der Waals surface area (Å²) in [7, 11) is 1.74. The number of nitrogens with zero attached hydrogens (tertiary/aromatic N) is 2. The molecule has 1 aliphatic carbocycles. The number of halogens is 2. The highest BCUT2D eigenvalue weighted by Crippen LogP contribution is 2.30. The number of piperazine rings is 1. The van der Waals surface area contributed by atoms with Crippen molar-refractivity contribution in [2.75, 3.05) is 26.7 Å². The second-order valence-corrected chi connectivity index (χ2v) is 10.4. The van der Waals surface area contributed by atoms with E-state index < -0.39 is 12.1 Å². The maximum absolute atomic E-state index is 14.1. The van der Waals surface area contributed by atoms with Gasteiger partial charge in [0, 0.05) is 25.7 Å². The lowest BCUT2D eigenvalue weighted by atomic mass is 9.82. The summed E-state index contributed by atoms with van der Waals surface area (Å²) in [5, 5.41) is 9.11. The molecule has 3 N–H and O–H groups in total. The van der Waals surface area contributed by atoms with Crippen molar-refractivity contribution >= 4 is 42.5 Å². The van der Waals surface area contributed by atoms with Crippen molar-refractivity contribution in [3.05, 3.63) is 35.9 Å². The maximum Gasteiger partial charge on any atom is 0.246 e. The molecule has 2 heterocycles. The minimum Gasteiger partial charge on any atom is -0.350 e. The zero-order chi connectivity index (χ0) is 24.8. The van der Waals surface area contributed by atoms with Gasteiger partial charge in [-0.05, 0) is 57.7 Å². The van der Waals surface area contributed by atoms with Gasteiger partial charge in [0.15, 0.2) is 0 Å². The fourth-order valence-electron chi connectivity index (χ4n) is 5.82. The molecule has 4 rings (SSSR count). The molecule has 0 aromatic heterocycles. The first-order valence-corrected chi connectivity index (χ1v) is 13.3. The summed E-state index contributed by atoms with van der Waals surface area (Å²) < 4.78 is 0. The lowest BCUT2D eigenvalue weighted by Gasteiger charge is -2.45. The van der Waals surface area contributed by atoms with E-state index in [9.17, 15) is 14.4 Å². The van der Waals surface area contributed by atoms with Crippen LogP contribution in [0.4, 0.5) is 0 Å². The summed E-state index contributed by atoms with van der Waals surface area (Å²) in [5.41, 5.74) is 1.03. The fraction of sp³-hybridized carbons (Fsp3) is 0.667. The summed E-state index contributed by atoms with van der Waals surface area (Å²) in [6, 6.07) is 8.60. The standard InChI is InChI=1S/C27H41N5O3.2ClH/c1-19(28-2)25(33)30-24(21-12-7-4-8-13-21)27(35)32-17-22-14-9-15-31(22)18-23(32)26(34)29-16-20-10-5-3-6-11-20;;/h3,5-6,10-11,19,21-24,28H,4,7-9,12-18H2,1-2H3,(H,29,34)(H,30,33);2*1H/t19-,22?,23?,24-;;/m0../s1. The molecule has 8 nitrogen and oxygen atoms in total. The Morgan fingerprint density at radius 1 is 0.973 bits per heavy atom. The summed E-state index contributed by atoms with van der Waals surface area (Å²) in [6.45, 7) is 4.30. The Morgan fingerprint density at radius 3 is 2.35 bits per heavy atom. The van der Waals surface area contributed by atoms with Crippen molar-refractivity contribution in [1.29, 1.82) is 0 Å². The molecule has 0 spiro atoms. The van der Waals surface area contributed by atoms with Crippen LogP contribution < -0.4 is 16.0 Å². The van der Waals surface area contributed by atoms with Crippen molar-refractivity contribution in [2.24, 2.45) is 5.92 Å². The average molecular weight is 557 g/mol. The molecule has 2 aliphatic heterocycles. The number of amides is 3. The van der Waals surface area contributed by atoms with Crippen molar-refractivity contribution in [1.82, 2.24) is 25.8 Å². The van der Waals surface area contributed by atoms with E-state index >= 15 is 0 Å². The highest BCUT2D eigenvalue weighted by atomic mass is 35.5. The maximum atomic E-state index is 14.1. The molecule has 3 fully saturated rings. The normalized spacial score (nSPS) is 23.6. The Balaban J connectivity index is 0.00000241. The molecule has 10 heteroatoms. The van der Waals surface area contributed by atoms with Crippen LogP contribution in [0.2, 0.25) is 0 Å². The molecule has 1 aromatic carbocycles. The Morgan fingerprint density at radius 2 is 1.68 bits per heavy atom. The average Bonchev–Trinajstić information content (AvgIpc) is 3.37. The number of likely N-dealkylation sites (N-methyl/N-ethyl adjacent to an activating group) is 1. The predicted molar refractivity (Wildman–Crippen MR) is 150 cm³/mol. The van der Waals surface area contributed by atoms with Crippen LogP contribution in [0.15, 0.2) is 30.3 Å². The lowest BCUT2D eigenvalue weighted by molar-refractivity contribution is -0.149. The monoisotopic (exact) mass is 555 g/mol. The fourth-order valence-corrected chi connectivity index (χ4v) is 5.82. The summed E-state index contributed by atoms with van der Waals surface area (Å²) in [5.74, 6) is -0.273. The van der Waals surface area contributed by atoms with E-state index in [2.05, 4.69) is 20.9 Å². The molecule has 208 valence electrons. The highest BCUT2D eigenvalue weighted by Gasteiger charge is 2.45. The molecule has 3 aliphatic rings. The topological polar surface area (TPSA) is 93.8 Å². The van der Waals surface area contributed by atoms with Crippen LogP contribution in [0.3, 0.4) is 0 Å². The first-order chi connectivity index (χ1) is 17.0. The predicted octanol–water partition coefficient (Wildman–Crippen LogP) is 2.49. The lowest BCUT2D eigenvalue weighted by Crippen LogP contribution is -2.66. The first-order valence-electron chi connectivity index (χ1n) is 13.3. The third-order valence-corrected chi connectivity index (χ3v) is 8.10. The number of carbonyl (C=O) groups is 3.